The largest absolute Gasteiger partial charge is 0.492 e. The minimum atomic E-state index is 0.557. The van der Waals surface area contributed by atoms with Crippen molar-refractivity contribution in [3.8, 4) is 5.75 Å². The lowest BCUT2D eigenvalue weighted by Gasteiger charge is -2.10. The van der Waals surface area contributed by atoms with Crippen molar-refractivity contribution in [2.45, 2.75) is 26.3 Å². The number of fused-ring (bicyclic) bond motifs is 1. The van der Waals surface area contributed by atoms with Crippen LogP contribution in [0.1, 0.15) is 25.3 Å². The molecular formula is C19H22N2O. The van der Waals surface area contributed by atoms with Gasteiger partial charge in [0.05, 0.1) is 6.54 Å². The van der Waals surface area contributed by atoms with E-state index in [1.54, 1.807) is 0 Å². The molecule has 0 saturated carbocycles. The molecule has 2 aromatic carbocycles. The number of rotatable bonds is 5. The van der Waals surface area contributed by atoms with Gasteiger partial charge in [-0.1, -0.05) is 19.9 Å². The van der Waals surface area contributed by atoms with Crippen LogP contribution in [0.4, 0.5) is 5.69 Å². The zero-order valence-corrected chi connectivity index (χ0v) is 13.1. The number of benzene rings is 2. The molecule has 3 aromatic rings. The third-order valence-electron chi connectivity index (χ3n) is 3.94. The lowest BCUT2D eigenvalue weighted by atomic mass is 10.0. The molecule has 1 heterocycles. The Morgan fingerprint density at radius 1 is 1.05 bits per heavy atom. The second-order valence-corrected chi connectivity index (χ2v) is 5.90. The van der Waals surface area contributed by atoms with Crippen molar-refractivity contribution in [2.75, 3.05) is 12.3 Å². The topological polar surface area (TPSA) is 40.2 Å². The van der Waals surface area contributed by atoms with Crippen LogP contribution in [0.5, 0.6) is 5.75 Å². The van der Waals surface area contributed by atoms with E-state index in [2.05, 4.69) is 48.9 Å². The van der Waals surface area contributed by atoms with Gasteiger partial charge in [0.25, 0.3) is 0 Å². The lowest BCUT2D eigenvalue weighted by Crippen LogP contribution is -2.07. The number of nitrogen functional groups attached to an aromatic ring is 1. The Morgan fingerprint density at radius 3 is 2.55 bits per heavy atom. The Balaban J connectivity index is 1.67. The van der Waals surface area contributed by atoms with E-state index in [9.17, 15) is 0 Å². The summed E-state index contributed by atoms with van der Waals surface area (Å²) in [6.07, 6.45) is 2.13. The van der Waals surface area contributed by atoms with E-state index >= 15 is 0 Å². The van der Waals surface area contributed by atoms with E-state index in [0.717, 1.165) is 18.0 Å². The molecule has 3 rings (SSSR count). The standard InChI is InChI=1S/C19H22N2O/c1-14(2)15-3-8-19-16(13-15)9-10-21(19)11-12-22-18-6-4-17(20)5-7-18/h3-10,13-14H,11-12,20H2,1-2H3. The van der Waals surface area contributed by atoms with Crippen LogP contribution in [0.15, 0.2) is 54.7 Å². The maximum Gasteiger partial charge on any atom is 0.119 e. The molecule has 0 amide bonds. The maximum atomic E-state index is 5.77. The van der Waals surface area contributed by atoms with Crippen LogP contribution < -0.4 is 10.5 Å². The number of hydrogen-bond acceptors (Lipinski definition) is 2. The fourth-order valence-corrected chi connectivity index (χ4v) is 2.60. The summed E-state index contributed by atoms with van der Waals surface area (Å²) < 4.78 is 8.00. The molecule has 2 N–H and O–H groups in total. The Bertz CT molecular complexity index is 757. The molecule has 0 radical (unpaired) electrons. The first-order valence-electron chi connectivity index (χ1n) is 7.70. The minimum Gasteiger partial charge on any atom is -0.492 e. The summed E-state index contributed by atoms with van der Waals surface area (Å²) in [6.45, 7) is 5.91. The number of ether oxygens (including phenoxy) is 1. The van der Waals surface area contributed by atoms with Crippen molar-refractivity contribution in [3.63, 3.8) is 0 Å². The molecule has 22 heavy (non-hydrogen) atoms. The van der Waals surface area contributed by atoms with Crippen molar-refractivity contribution in [1.82, 2.24) is 4.57 Å². The van der Waals surface area contributed by atoms with Crippen LogP contribution in [0.25, 0.3) is 10.9 Å². The number of aromatic nitrogens is 1. The van der Waals surface area contributed by atoms with E-state index in [1.165, 1.54) is 16.5 Å². The van der Waals surface area contributed by atoms with Gasteiger partial charge in [0, 0.05) is 17.4 Å². The third-order valence-corrected chi connectivity index (χ3v) is 3.94. The van der Waals surface area contributed by atoms with Crippen LogP contribution >= 0.6 is 0 Å². The quantitative estimate of drug-likeness (QED) is 0.707. The van der Waals surface area contributed by atoms with E-state index in [0.29, 0.717) is 12.5 Å². The van der Waals surface area contributed by atoms with Crippen LogP contribution in [0.3, 0.4) is 0 Å². The van der Waals surface area contributed by atoms with E-state index in [4.69, 9.17) is 10.5 Å². The molecule has 0 unspecified atom stereocenters. The first-order chi connectivity index (χ1) is 10.6. The smallest absolute Gasteiger partial charge is 0.119 e. The highest BCUT2D eigenvalue weighted by atomic mass is 16.5. The average molecular weight is 294 g/mol. The Hall–Kier alpha value is -2.42. The number of hydrogen-bond donors (Lipinski definition) is 1. The Morgan fingerprint density at radius 2 is 1.82 bits per heavy atom. The summed E-state index contributed by atoms with van der Waals surface area (Å²) in [6, 6.07) is 16.4. The highest BCUT2D eigenvalue weighted by Crippen LogP contribution is 2.22. The van der Waals surface area contributed by atoms with Gasteiger partial charge in [0.15, 0.2) is 0 Å². The summed E-state index contributed by atoms with van der Waals surface area (Å²) in [4.78, 5) is 0. The predicted molar refractivity (Wildman–Crippen MR) is 92.4 cm³/mol. The van der Waals surface area contributed by atoms with Crippen LogP contribution in [0, 0.1) is 0 Å². The fraction of sp³-hybridized carbons (Fsp3) is 0.263. The average Bonchev–Trinajstić information content (AvgIpc) is 2.92. The Labute approximate surface area is 131 Å². The SMILES string of the molecule is CC(C)c1ccc2c(ccn2CCOc2ccc(N)cc2)c1. The zero-order valence-electron chi connectivity index (χ0n) is 13.1. The van der Waals surface area contributed by atoms with Gasteiger partial charge < -0.3 is 15.0 Å². The van der Waals surface area contributed by atoms with Crippen LogP contribution in [-0.2, 0) is 6.54 Å². The number of anilines is 1. The molecule has 0 aliphatic heterocycles. The monoisotopic (exact) mass is 294 g/mol. The first-order valence-corrected chi connectivity index (χ1v) is 7.70. The summed E-state index contributed by atoms with van der Waals surface area (Å²) >= 11 is 0. The molecule has 3 heteroatoms. The zero-order chi connectivity index (χ0) is 15.5. The van der Waals surface area contributed by atoms with Crippen molar-refractivity contribution in [2.24, 2.45) is 0 Å². The minimum absolute atomic E-state index is 0.557. The molecule has 0 saturated heterocycles. The van der Waals surface area contributed by atoms with Gasteiger partial charge in [-0.05, 0) is 59.3 Å². The molecule has 3 nitrogen and oxygen atoms in total. The summed E-state index contributed by atoms with van der Waals surface area (Å²) in [5.41, 5.74) is 9.06. The van der Waals surface area contributed by atoms with Crippen molar-refractivity contribution < 1.29 is 4.74 Å². The van der Waals surface area contributed by atoms with E-state index in [1.807, 2.05) is 24.3 Å². The van der Waals surface area contributed by atoms with Gasteiger partial charge in [0.1, 0.15) is 12.4 Å². The van der Waals surface area contributed by atoms with E-state index in [-0.39, 0.29) is 0 Å². The first kappa shape index (κ1) is 14.5. The molecule has 0 aliphatic rings. The van der Waals surface area contributed by atoms with Gasteiger partial charge in [0.2, 0.25) is 0 Å². The molecule has 1 aromatic heterocycles. The molecule has 0 bridgehead atoms. The van der Waals surface area contributed by atoms with Gasteiger partial charge in [-0.15, -0.1) is 0 Å². The van der Waals surface area contributed by atoms with E-state index < -0.39 is 0 Å². The summed E-state index contributed by atoms with van der Waals surface area (Å²) in [7, 11) is 0. The molecule has 114 valence electrons. The number of nitrogens with zero attached hydrogens (tertiary/aromatic N) is 1. The van der Waals surface area contributed by atoms with Gasteiger partial charge >= 0.3 is 0 Å². The highest BCUT2D eigenvalue weighted by molar-refractivity contribution is 5.81. The van der Waals surface area contributed by atoms with Crippen molar-refractivity contribution in [3.05, 3.63) is 60.3 Å². The summed E-state index contributed by atoms with van der Waals surface area (Å²) in [5, 5.41) is 1.29. The van der Waals surface area contributed by atoms with Gasteiger partial charge in [-0.25, -0.2) is 0 Å². The lowest BCUT2D eigenvalue weighted by molar-refractivity contribution is 0.300. The molecule has 0 spiro atoms. The summed E-state index contributed by atoms with van der Waals surface area (Å²) in [5.74, 6) is 1.41. The normalized spacial score (nSPS) is 11.2. The molecule has 0 atom stereocenters. The molecular weight excluding hydrogens is 272 g/mol. The van der Waals surface area contributed by atoms with Gasteiger partial charge in [-0.3, -0.25) is 0 Å². The molecule has 0 aliphatic carbocycles. The highest BCUT2D eigenvalue weighted by Gasteiger charge is 2.05. The van der Waals surface area contributed by atoms with Crippen molar-refractivity contribution >= 4 is 16.6 Å². The van der Waals surface area contributed by atoms with Crippen molar-refractivity contribution in [1.29, 1.82) is 0 Å². The van der Waals surface area contributed by atoms with Gasteiger partial charge in [-0.2, -0.15) is 0 Å². The Kier molecular flexibility index (Phi) is 4.05. The predicted octanol–water partition coefficient (Wildman–Crippen LogP) is 4.43. The fourth-order valence-electron chi connectivity index (χ4n) is 2.60. The molecule has 0 fully saturated rings. The van der Waals surface area contributed by atoms with Crippen LogP contribution in [-0.4, -0.2) is 11.2 Å². The van der Waals surface area contributed by atoms with Crippen LogP contribution in [0.2, 0.25) is 0 Å². The maximum absolute atomic E-state index is 5.77. The second kappa shape index (κ2) is 6.14. The third kappa shape index (κ3) is 3.08. The second-order valence-electron chi connectivity index (χ2n) is 5.90. The number of nitrogens with two attached hydrogens (primary N) is 1.